The average Bonchev–Trinajstić information content (AvgIpc) is 2.56. The third kappa shape index (κ3) is 3.32. The van der Waals surface area contributed by atoms with Crippen LogP contribution in [0.2, 0.25) is 0 Å². The molecular formula is C16H30O3. The van der Waals surface area contributed by atoms with Gasteiger partial charge in [0.05, 0.1) is 23.4 Å². The standard InChI is InChI=1S/C16H30O3/c1-15(2)10-12(16(3,4)19-15)14(18)13(17)11-8-6-5-7-9-11/h11-14,17-18H,5-10H2,1-4H3. The highest BCUT2D eigenvalue weighted by Crippen LogP contribution is 2.45. The molecule has 3 heteroatoms. The molecule has 1 heterocycles. The maximum atomic E-state index is 10.6. The first-order chi connectivity index (χ1) is 8.73. The summed E-state index contributed by atoms with van der Waals surface area (Å²) in [6, 6.07) is 0. The van der Waals surface area contributed by atoms with E-state index in [1.165, 1.54) is 19.3 Å². The maximum absolute atomic E-state index is 10.6. The van der Waals surface area contributed by atoms with Crippen molar-refractivity contribution in [3.8, 4) is 0 Å². The topological polar surface area (TPSA) is 49.7 Å². The zero-order chi connectivity index (χ0) is 14.3. The second kappa shape index (κ2) is 5.34. The normalized spacial score (nSPS) is 34.1. The first kappa shape index (κ1) is 15.3. The molecule has 1 aliphatic carbocycles. The summed E-state index contributed by atoms with van der Waals surface area (Å²) in [5.74, 6) is 0.280. The predicted molar refractivity (Wildman–Crippen MR) is 75.9 cm³/mol. The molecule has 3 unspecified atom stereocenters. The van der Waals surface area contributed by atoms with Gasteiger partial charge in [0, 0.05) is 5.92 Å². The molecule has 0 amide bonds. The van der Waals surface area contributed by atoms with Crippen LogP contribution in [0, 0.1) is 11.8 Å². The van der Waals surface area contributed by atoms with E-state index in [1.54, 1.807) is 0 Å². The summed E-state index contributed by atoms with van der Waals surface area (Å²) < 4.78 is 6.04. The molecule has 0 radical (unpaired) electrons. The highest BCUT2D eigenvalue weighted by atomic mass is 16.5. The average molecular weight is 270 g/mol. The Labute approximate surface area is 117 Å². The lowest BCUT2D eigenvalue weighted by Gasteiger charge is -2.36. The maximum Gasteiger partial charge on any atom is 0.0858 e. The van der Waals surface area contributed by atoms with Crippen molar-refractivity contribution in [1.82, 2.24) is 0 Å². The Hall–Kier alpha value is -0.120. The van der Waals surface area contributed by atoms with E-state index in [1.807, 2.05) is 13.8 Å². The van der Waals surface area contributed by atoms with E-state index in [9.17, 15) is 10.2 Å². The summed E-state index contributed by atoms with van der Waals surface area (Å²) in [6.45, 7) is 8.19. The van der Waals surface area contributed by atoms with E-state index in [-0.39, 0.29) is 23.0 Å². The van der Waals surface area contributed by atoms with Gasteiger partial charge < -0.3 is 14.9 Å². The first-order valence-electron chi connectivity index (χ1n) is 7.79. The summed E-state index contributed by atoms with van der Waals surface area (Å²) in [5, 5.41) is 21.1. The fourth-order valence-corrected chi connectivity index (χ4v) is 4.13. The van der Waals surface area contributed by atoms with Crippen LogP contribution in [-0.4, -0.2) is 33.6 Å². The van der Waals surface area contributed by atoms with Crippen LogP contribution in [0.15, 0.2) is 0 Å². The number of aliphatic hydroxyl groups excluding tert-OH is 2. The Bertz CT molecular complexity index is 305. The van der Waals surface area contributed by atoms with E-state index in [4.69, 9.17) is 4.74 Å². The van der Waals surface area contributed by atoms with Gasteiger partial charge >= 0.3 is 0 Å². The van der Waals surface area contributed by atoms with E-state index in [0.717, 1.165) is 19.3 Å². The van der Waals surface area contributed by atoms with Crippen molar-refractivity contribution in [1.29, 1.82) is 0 Å². The number of ether oxygens (including phenoxy) is 1. The van der Waals surface area contributed by atoms with Crippen LogP contribution < -0.4 is 0 Å². The third-order valence-corrected chi connectivity index (χ3v) is 5.04. The Balaban J connectivity index is 2.04. The van der Waals surface area contributed by atoms with Gasteiger partial charge in [0.1, 0.15) is 0 Å². The van der Waals surface area contributed by atoms with Crippen LogP contribution in [0.25, 0.3) is 0 Å². The van der Waals surface area contributed by atoms with Gasteiger partial charge in [-0.05, 0) is 52.9 Å². The van der Waals surface area contributed by atoms with Crippen LogP contribution >= 0.6 is 0 Å². The largest absolute Gasteiger partial charge is 0.390 e. The van der Waals surface area contributed by atoms with Gasteiger partial charge in [-0.1, -0.05) is 19.3 Å². The minimum atomic E-state index is -0.667. The minimum absolute atomic E-state index is 0.0134. The molecule has 0 aromatic heterocycles. The van der Waals surface area contributed by atoms with E-state index in [0.29, 0.717) is 0 Å². The van der Waals surface area contributed by atoms with E-state index in [2.05, 4.69) is 13.8 Å². The molecule has 0 spiro atoms. The van der Waals surface area contributed by atoms with Gasteiger partial charge in [-0.2, -0.15) is 0 Å². The van der Waals surface area contributed by atoms with Gasteiger partial charge in [-0.15, -0.1) is 0 Å². The van der Waals surface area contributed by atoms with Crippen molar-refractivity contribution in [2.75, 3.05) is 0 Å². The van der Waals surface area contributed by atoms with Crippen molar-refractivity contribution in [3.05, 3.63) is 0 Å². The number of rotatable bonds is 3. The molecule has 1 saturated heterocycles. The molecule has 112 valence electrons. The minimum Gasteiger partial charge on any atom is -0.390 e. The van der Waals surface area contributed by atoms with Gasteiger partial charge in [0.25, 0.3) is 0 Å². The summed E-state index contributed by atoms with van der Waals surface area (Å²) in [7, 11) is 0. The number of hydrogen-bond donors (Lipinski definition) is 2. The van der Waals surface area contributed by atoms with Gasteiger partial charge in [-0.25, -0.2) is 0 Å². The molecular weight excluding hydrogens is 240 g/mol. The summed E-state index contributed by atoms with van der Waals surface area (Å²) in [4.78, 5) is 0. The fraction of sp³-hybridized carbons (Fsp3) is 1.00. The lowest BCUT2D eigenvalue weighted by Crippen LogP contribution is -2.45. The molecule has 1 saturated carbocycles. The second-order valence-electron chi connectivity index (χ2n) is 7.66. The molecule has 2 N–H and O–H groups in total. The zero-order valence-corrected chi connectivity index (χ0v) is 12.9. The highest BCUT2D eigenvalue weighted by molar-refractivity contribution is 4.99. The summed E-state index contributed by atoms with van der Waals surface area (Å²) in [6.07, 6.45) is 5.29. The molecule has 2 rings (SSSR count). The van der Waals surface area contributed by atoms with Crippen LogP contribution in [0.5, 0.6) is 0 Å². The van der Waals surface area contributed by atoms with Gasteiger partial charge in [0.15, 0.2) is 0 Å². The van der Waals surface area contributed by atoms with Crippen LogP contribution in [0.4, 0.5) is 0 Å². The fourth-order valence-electron chi connectivity index (χ4n) is 4.13. The molecule has 3 atom stereocenters. The first-order valence-corrected chi connectivity index (χ1v) is 7.79. The molecule has 19 heavy (non-hydrogen) atoms. The Morgan fingerprint density at radius 3 is 2.00 bits per heavy atom. The lowest BCUT2D eigenvalue weighted by atomic mass is 9.75. The van der Waals surface area contributed by atoms with Crippen molar-refractivity contribution in [2.24, 2.45) is 11.8 Å². The predicted octanol–water partition coefficient (Wildman–Crippen LogP) is 2.88. The Kier molecular flexibility index (Phi) is 4.29. The summed E-state index contributed by atoms with van der Waals surface area (Å²) >= 11 is 0. The quantitative estimate of drug-likeness (QED) is 0.829. The van der Waals surface area contributed by atoms with Crippen LogP contribution in [0.1, 0.15) is 66.2 Å². The van der Waals surface area contributed by atoms with Crippen LogP contribution in [0.3, 0.4) is 0 Å². The molecule has 0 bridgehead atoms. The number of hydrogen-bond acceptors (Lipinski definition) is 3. The van der Waals surface area contributed by atoms with Gasteiger partial charge in [-0.3, -0.25) is 0 Å². The third-order valence-electron chi connectivity index (χ3n) is 5.04. The molecule has 2 aliphatic rings. The molecule has 0 aromatic carbocycles. The monoisotopic (exact) mass is 270 g/mol. The van der Waals surface area contributed by atoms with Crippen molar-refractivity contribution < 1.29 is 14.9 Å². The highest BCUT2D eigenvalue weighted by Gasteiger charge is 2.51. The van der Waals surface area contributed by atoms with Crippen molar-refractivity contribution in [2.45, 2.75) is 89.6 Å². The summed E-state index contributed by atoms with van der Waals surface area (Å²) in [5.41, 5.74) is -0.569. The van der Waals surface area contributed by atoms with Gasteiger partial charge in [0.2, 0.25) is 0 Å². The SMILES string of the molecule is CC1(C)CC(C(O)C(O)C2CCCCC2)C(C)(C)O1. The molecule has 1 aliphatic heterocycles. The van der Waals surface area contributed by atoms with Crippen LogP contribution in [-0.2, 0) is 4.74 Å². The van der Waals surface area contributed by atoms with E-state index < -0.39 is 12.2 Å². The second-order valence-corrected chi connectivity index (χ2v) is 7.66. The lowest BCUT2D eigenvalue weighted by molar-refractivity contribution is -0.113. The Morgan fingerprint density at radius 1 is 0.947 bits per heavy atom. The molecule has 2 fully saturated rings. The Morgan fingerprint density at radius 2 is 1.53 bits per heavy atom. The van der Waals surface area contributed by atoms with Crippen molar-refractivity contribution >= 4 is 0 Å². The number of aliphatic hydroxyl groups is 2. The van der Waals surface area contributed by atoms with Crippen molar-refractivity contribution in [3.63, 3.8) is 0 Å². The zero-order valence-electron chi connectivity index (χ0n) is 12.9. The van der Waals surface area contributed by atoms with E-state index >= 15 is 0 Å². The molecule has 3 nitrogen and oxygen atoms in total. The smallest absolute Gasteiger partial charge is 0.0858 e. The molecule has 0 aromatic rings.